The van der Waals surface area contributed by atoms with E-state index in [2.05, 4.69) is 39.1 Å². The van der Waals surface area contributed by atoms with Gasteiger partial charge in [-0.1, -0.05) is 108 Å². The first-order chi connectivity index (χ1) is 12.6. The SMILES string of the molecule is CCSC1=C(SCC)SC(=C2SC3=C(SC(=C4SC(S)=C(S)S4)S3)S2)S1. The fourth-order valence-corrected chi connectivity index (χ4v) is 17.7. The van der Waals surface area contributed by atoms with E-state index in [0.717, 1.165) is 20.0 Å². The van der Waals surface area contributed by atoms with Crippen LogP contribution in [0.1, 0.15) is 13.8 Å². The molecule has 4 rings (SSSR count). The molecule has 4 heterocycles. The second kappa shape index (κ2) is 10.0. The van der Waals surface area contributed by atoms with Crippen LogP contribution in [-0.2, 0) is 0 Å². The van der Waals surface area contributed by atoms with E-state index in [-0.39, 0.29) is 0 Å². The van der Waals surface area contributed by atoms with Crippen molar-refractivity contribution in [3.63, 3.8) is 0 Å². The van der Waals surface area contributed by atoms with Crippen molar-refractivity contribution >= 4 is 143 Å². The van der Waals surface area contributed by atoms with Crippen LogP contribution in [0.15, 0.2) is 42.4 Å². The Morgan fingerprint density at radius 1 is 0.538 bits per heavy atom. The van der Waals surface area contributed by atoms with Crippen LogP contribution >= 0.6 is 143 Å². The summed E-state index contributed by atoms with van der Waals surface area (Å²) < 4.78 is 13.6. The first kappa shape index (κ1) is 22.1. The van der Waals surface area contributed by atoms with Crippen LogP contribution < -0.4 is 0 Å². The van der Waals surface area contributed by atoms with Crippen molar-refractivity contribution in [3.05, 3.63) is 42.4 Å². The summed E-state index contributed by atoms with van der Waals surface area (Å²) in [6.45, 7) is 4.47. The van der Waals surface area contributed by atoms with Crippen molar-refractivity contribution in [3.8, 4) is 0 Å². The maximum absolute atomic E-state index is 4.49. The molecule has 0 fully saturated rings. The van der Waals surface area contributed by atoms with E-state index in [9.17, 15) is 0 Å². The zero-order valence-corrected chi connectivity index (χ0v) is 23.3. The molecule has 4 aliphatic heterocycles. The predicted molar refractivity (Wildman–Crippen MR) is 150 cm³/mol. The Hall–Kier alpha value is 2.90. The van der Waals surface area contributed by atoms with Gasteiger partial charge in [0.05, 0.1) is 42.4 Å². The van der Waals surface area contributed by atoms with E-state index in [1.807, 2.05) is 94.1 Å². The Labute approximate surface area is 208 Å². The van der Waals surface area contributed by atoms with Crippen LogP contribution in [0.3, 0.4) is 0 Å². The van der Waals surface area contributed by atoms with Gasteiger partial charge >= 0.3 is 0 Å². The van der Waals surface area contributed by atoms with Crippen molar-refractivity contribution < 1.29 is 0 Å². The first-order valence-electron chi connectivity index (χ1n) is 7.36. The minimum atomic E-state index is 1.02. The Morgan fingerprint density at radius 2 is 0.846 bits per heavy atom. The van der Waals surface area contributed by atoms with Crippen molar-refractivity contribution in [1.82, 2.24) is 0 Å². The fourth-order valence-electron chi connectivity index (χ4n) is 1.92. The molecular formula is C14H12S12. The molecule has 0 saturated heterocycles. The van der Waals surface area contributed by atoms with E-state index in [0.29, 0.717) is 0 Å². The molecule has 0 bridgehead atoms. The Bertz CT molecular complexity index is 741. The van der Waals surface area contributed by atoms with Crippen LogP contribution in [-0.4, -0.2) is 11.5 Å². The molecule has 0 atom stereocenters. The summed E-state index contributed by atoms with van der Waals surface area (Å²) in [7, 11) is 0. The molecule has 0 saturated carbocycles. The summed E-state index contributed by atoms with van der Waals surface area (Å²) in [5.74, 6) is 2.28. The van der Waals surface area contributed by atoms with Crippen molar-refractivity contribution in [2.45, 2.75) is 13.8 Å². The molecule has 0 nitrogen and oxygen atoms in total. The average Bonchev–Trinajstić information content (AvgIpc) is 3.32. The topological polar surface area (TPSA) is 0 Å². The van der Waals surface area contributed by atoms with Crippen LogP contribution in [0.5, 0.6) is 0 Å². The number of hydrogen-bond acceptors (Lipinski definition) is 12. The number of hydrogen-bond donors (Lipinski definition) is 2. The van der Waals surface area contributed by atoms with Crippen molar-refractivity contribution in [2.24, 2.45) is 0 Å². The summed E-state index contributed by atoms with van der Waals surface area (Å²) in [6, 6.07) is 0. The van der Waals surface area contributed by atoms with E-state index in [1.165, 1.54) is 33.9 Å². The van der Waals surface area contributed by atoms with Crippen molar-refractivity contribution in [1.29, 1.82) is 0 Å². The Morgan fingerprint density at radius 3 is 1.19 bits per heavy atom. The molecule has 0 aromatic rings. The number of rotatable bonds is 4. The molecule has 0 unspecified atom stereocenters. The minimum Gasteiger partial charge on any atom is -0.135 e. The normalized spacial score (nSPS) is 23.5. The molecule has 4 aliphatic rings. The van der Waals surface area contributed by atoms with Gasteiger partial charge in [0.2, 0.25) is 0 Å². The van der Waals surface area contributed by atoms with Gasteiger partial charge in [0.25, 0.3) is 0 Å². The highest BCUT2D eigenvalue weighted by Crippen LogP contribution is 2.72. The largest absolute Gasteiger partial charge is 0.135 e. The van der Waals surface area contributed by atoms with Gasteiger partial charge in [-0.05, 0) is 11.5 Å². The highest BCUT2D eigenvalue weighted by Gasteiger charge is 2.36. The highest BCUT2D eigenvalue weighted by molar-refractivity contribution is 8.50. The highest BCUT2D eigenvalue weighted by atomic mass is 32.3. The third-order valence-corrected chi connectivity index (χ3v) is 18.5. The lowest BCUT2D eigenvalue weighted by molar-refractivity contribution is 1.53. The summed E-state index contributed by atoms with van der Waals surface area (Å²) in [6.07, 6.45) is 0. The Kier molecular flexibility index (Phi) is 8.51. The third kappa shape index (κ3) is 4.87. The van der Waals surface area contributed by atoms with Crippen LogP contribution in [0.25, 0.3) is 0 Å². The first-order valence-corrected chi connectivity index (χ1v) is 16.8. The average molecular weight is 565 g/mol. The molecule has 12 heteroatoms. The summed E-state index contributed by atoms with van der Waals surface area (Å²) in [4.78, 5) is 0. The molecule has 0 aromatic carbocycles. The van der Waals surface area contributed by atoms with Gasteiger partial charge in [0, 0.05) is 0 Å². The summed E-state index contributed by atoms with van der Waals surface area (Å²) in [5, 5.41) is 0. The van der Waals surface area contributed by atoms with Gasteiger partial charge in [-0.25, -0.2) is 0 Å². The lowest BCUT2D eigenvalue weighted by Gasteiger charge is -2.07. The van der Waals surface area contributed by atoms with Gasteiger partial charge in [-0.2, -0.15) is 0 Å². The molecular weight excluding hydrogens is 553 g/mol. The summed E-state index contributed by atoms with van der Waals surface area (Å²) in [5.41, 5.74) is 0. The van der Waals surface area contributed by atoms with Gasteiger partial charge in [0.1, 0.15) is 0 Å². The maximum Gasteiger partial charge on any atom is 0.0718 e. The van der Waals surface area contributed by atoms with E-state index in [4.69, 9.17) is 0 Å². The Balaban J connectivity index is 1.43. The standard InChI is InChI=1S/C14H12S12/c1-3-17-7-8(18-4-2)22-11(21-7)12-25-13-14(26-12)24-10(23-13)9-19-5(15)6(16)20-9/h15-16H,3-4H2,1-2H3. The molecule has 0 aliphatic carbocycles. The number of thiol groups is 2. The fraction of sp³-hybridized carbons (Fsp3) is 0.286. The van der Waals surface area contributed by atoms with E-state index < -0.39 is 0 Å². The molecule has 0 radical (unpaired) electrons. The lowest BCUT2D eigenvalue weighted by Crippen LogP contribution is -1.72. The molecule has 140 valence electrons. The third-order valence-electron chi connectivity index (χ3n) is 2.89. The lowest BCUT2D eigenvalue weighted by atomic mass is 11.0. The molecule has 26 heavy (non-hydrogen) atoms. The molecule has 0 N–H and O–H groups in total. The van der Waals surface area contributed by atoms with Crippen LogP contribution in [0, 0.1) is 0 Å². The minimum absolute atomic E-state index is 1.02. The maximum atomic E-state index is 4.49. The van der Waals surface area contributed by atoms with E-state index in [1.54, 1.807) is 23.5 Å². The zero-order valence-electron chi connectivity index (χ0n) is 13.4. The molecule has 0 spiro atoms. The molecule has 0 amide bonds. The van der Waals surface area contributed by atoms with Gasteiger partial charge in [-0.15, -0.1) is 48.8 Å². The monoisotopic (exact) mass is 564 g/mol. The van der Waals surface area contributed by atoms with Gasteiger partial charge < -0.3 is 0 Å². The predicted octanol–water partition coefficient (Wildman–Crippen LogP) is 9.91. The smallest absolute Gasteiger partial charge is 0.0718 e. The summed E-state index contributed by atoms with van der Waals surface area (Å²) >= 11 is 28.1. The van der Waals surface area contributed by atoms with Crippen LogP contribution in [0.4, 0.5) is 0 Å². The van der Waals surface area contributed by atoms with E-state index >= 15 is 0 Å². The second-order valence-corrected chi connectivity index (χ2v) is 18.9. The molecule has 0 aromatic heterocycles. The van der Waals surface area contributed by atoms with Crippen molar-refractivity contribution in [2.75, 3.05) is 11.5 Å². The van der Waals surface area contributed by atoms with Gasteiger partial charge in [-0.3, -0.25) is 0 Å². The number of thioether (sulfide) groups is 10. The van der Waals surface area contributed by atoms with Gasteiger partial charge in [0.15, 0.2) is 0 Å². The second-order valence-electron chi connectivity index (χ2n) is 4.59. The zero-order chi connectivity index (χ0) is 18.3. The quantitative estimate of drug-likeness (QED) is 0.315. The van der Waals surface area contributed by atoms with Crippen LogP contribution in [0.2, 0.25) is 0 Å².